The van der Waals surface area contributed by atoms with Crippen molar-refractivity contribution in [2.24, 2.45) is 0 Å². The lowest BCUT2D eigenvalue weighted by molar-refractivity contribution is 0.0954. The van der Waals surface area contributed by atoms with Crippen LogP contribution in [0.5, 0.6) is 0 Å². The Balaban J connectivity index is 2.09. The first-order chi connectivity index (χ1) is 9.72. The van der Waals surface area contributed by atoms with Crippen LogP contribution >= 0.6 is 0 Å². The molecule has 20 heavy (non-hydrogen) atoms. The SMILES string of the molecule is Cc1cc(C(=O)NCCCCCO)c2ccccc2n1. The Bertz CT molecular complexity index is 596. The average molecular weight is 272 g/mol. The van der Waals surface area contributed by atoms with E-state index < -0.39 is 0 Å². The summed E-state index contributed by atoms with van der Waals surface area (Å²) in [4.78, 5) is 16.7. The molecule has 0 spiro atoms. The third-order valence-corrected chi connectivity index (χ3v) is 3.21. The zero-order valence-electron chi connectivity index (χ0n) is 11.7. The van der Waals surface area contributed by atoms with Crippen LogP contribution in [0.25, 0.3) is 10.9 Å². The molecular formula is C16H20N2O2. The van der Waals surface area contributed by atoms with E-state index in [4.69, 9.17) is 5.11 Å². The molecule has 0 unspecified atom stereocenters. The zero-order chi connectivity index (χ0) is 14.4. The number of aliphatic hydroxyl groups excluding tert-OH is 1. The number of aliphatic hydroxyl groups is 1. The molecule has 0 atom stereocenters. The van der Waals surface area contributed by atoms with Gasteiger partial charge in [-0.2, -0.15) is 0 Å². The molecule has 0 saturated heterocycles. The molecule has 2 N–H and O–H groups in total. The van der Waals surface area contributed by atoms with Crippen molar-refractivity contribution in [1.82, 2.24) is 10.3 Å². The van der Waals surface area contributed by atoms with Gasteiger partial charge in [0.1, 0.15) is 0 Å². The van der Waals surface area contributed by atoms with Crippen molar-refractivity contribution in [2.75, 3.05) is 13.2 Å². The molecule has 2 rings (SSSR count). The fourth-order valence-electron chi connectivity index (χ4n) is 2.21. The summed E-state index contributed by atoms with van der Waals surface area (Å²) in [7, 11) is 0. The fraction of sp³-hybridized carbons (Fsp3) is 0.375. The van der Waals surface area contributed by atoms with Gasteiger partial charge in [0.05, 0.1) is 11.1 Å². The largest absolute Gasteiger partial charge is 0.396 e. The number of pyridine rings is 1. The number of amides is 1. The molecule has 0 bridgehead atoms. The van der Waals surface area contributed by atoms with E-state index in [9.17, 15) is 4.79 Å². The van der Waals surface area contributed by atoms with Gasteiger partial charge in [0.15, 0.2) is 0 Å². The van der Waals surface area contributed by atoms with Gasteiger partial charge in [-0.15, -0.1) is 0 Å². The summed E-state index contributed by atoms with van der Waals surface area (Å²) in [6.45, 7) is 2.74. The Hall–Kier alpha value is -1.94. The summed E-state index contributed by atoms with van der Waals surface area (Å²) in [6.07, 6.45) is 2.59. The van der Waals surface area contributed by atoms with E-state index in [0.29, 0.717) is 12.1 Å². The van der Waals surface area contributed by atoms with Gasteiger partial charge >= 0.3 is 0 Å². The van der Waals surface area contributed by atoms with E-state index in [1.807, 2.05) is 37.3 Å². The second-order valence-corrected chi connectivity index (χ2v) is 4.87. The zero-order valence-corrected chi connectivity index (χ0v) is 11.7. The summed E-state index contributed by atoms with van der Waals surface area (Å²) in [5.74, 6) is -0.0595. The van der Waals surface area contributed by atoms with Crippen LogP contribution in [0.15, 0.2) is 30.3 Å². The lowest BCUT2D eigenvalue weighted by atomic mass is 10.1. The molecule has 0 fully saturated rings. The molecule has 0 aliphatic heterocycles. The van der Waals surface area contributed by atoms with Gasteiger partial charge in [-0.05, 0) is 38.3 Å². The maximum absolute atomic E-state index is 12.3. The number of hydrogen-bond donors (Lipinski definition) is 2. The van der Waals surface area contributed by atoms with E-state index in [-0.39, 0.29) is 12.5 Å². The first-order valence-electron chi connectivity index (χ1n) is 6.98. The number of para-hydroxylation sites is 1. The smallest absolute Gasteiger partial charge is 0.252 e. The Kier molecular flexibility index (Phi) is 5.07. The van der Waals surface area contributed by atoms with E-state index in [2.05, 4.69) is 10.3 Å². The molecule has 4 heteroatoms. The molecule has 1 aromatic carbocycles. The number of carbonyl (C=O) groups is 1. The van der Waals surface area contributed by atoms with Gasteiger partial charge in [-0.1, -0.05) is 18.2 Å². The van der Waals surface area contributed by atoms with E-state index in [0.717, 1.165) is 35.9 Å². The number of benzene rings is 1. The van der Waals surface area contributed by atoms with Crippen molar-refractivity contribution in [2.45, 2.75) is 26.2 Å². The third kappa shape index (κ3) is 3.54. The second-order valence-electron chi connectivity index (χ2n) is 4.87. The van der Waals surface area contributed by atoms with Gasteiger partial charge in [-0.3, -0.25) is 9.78 Å². The minimum absolute atomic E-state index is 0.0595. The maximum Gasteiger partial charge on any atom is 0.252 e. The number of nitrogens with zero attached hydrogens (tertiary/aromatic N) is 1. The number of aromatic nitrogens is 1. The van der Waals surface area contributed by atoms with Crippen molar-refractivity contribution in [3.63, 3.8) is 0 Å². The van der Waals surface area contributed by atoms with Crippen molar-refractivity contribution in [3.05, 3.63) is 41.6 Å². The maximum atomic E-state index is 12.3. The molecule has 1 aromatic heterocycles. The third-order valence-electron chi connectivity index (χ3n) is 3.21. The van der Waals surface area contributed by atoms with Gasteiger partial charge < -0.3 is 10.4 Å². The number of fused-ring (bicyclic) bond motifs is 1. The summed E-state index contributed by atoms with van der Waals surface area (Å²) >= 11 is 0. The number of rotatable bonds is 6. The molecule has 0 aliphatic carbocycles. The second kappa shape index (κ2) is 7.01. The van der Waals surface area contributed by atoms with Crippen molar-refractivity contribution in [3.8, 4) is 0 Å². The van der Waals surface area contributed by atoms with E-state index >= 15 is 0 Å². The predicted octanol–water partition coefficient (Wildman–Crippen LogP) is 2.44. The van der Waals surface area contributed by atoms with Crippen LogP contribution in [0.3, 0.4) is 0 Å². The van der Waals surface area contributed by atoms with Gasteiger partial charge in [0, 0.05) is 24.2 Å². The van der Waals surface area contributed by atoms with E-state index in [1.165, 1.54) is 0 Å². The van der Waals surface area contributed by atoms with E-state index in [1.54, 1.807) is 0 Å². The standard InChI is InChI=1S/C16H20N2O2/c1-12-11-14(13-7-3-4-8-15(13)18-12)16(20)17-9-5-2-6-10-19/h3-4,7-8,11,19H,2,5-6,9-10H2,1H3,(H,17,20). The summed E-state index contributed by atoms with van der Waals surface area (Å²) in [5, 5.41) is 12.5. The quantitative estimate of drug-likeness (QED) is 0.794. The molecule has 1 heterocycles. The first-order valence-corrected chi connectivity index (χ1v) is 6.98. The van der Waals surface area contributed by atoms with Crippen LogP contribution < -0.4 is 5.32 Å². The Morgan fingerprint density at radius 3 is 2.85 bits per heavy atom. The highest BCUT2D eigenvalue weighted by Crippen LogP contribution is 2.18. The van der Waals surface area contributed by atoms with Gasteiger partial charge in [0.2, 0.25) is 0 Å². The van der Waals surface area contributed by atoms with Crippen molar-refractivity contribution in [1.29, 1.82) is 0 Å². The molecule has 106 valence electrons. The molecule has 2 aromatic rings. The molecule has 4 nitrogen and oxygen atoms in total. The Morgan fingerprint density at radius 1 is 1.25 bits per heavy atom. The molecular weight excluding hydrogens is 252 g/mol. The van der Waals surface area contributed by atoms with Gasteiger partial charge in [0.25, 0.3) is 5.91 Å². The monoisotopic (exact) mass is 272 g/mol. The topological polar surface area (TPSA) is 62.2 Å². The molecule has 0 aliphatic rings. The highest BCUT2D eigenvalue weighted by atomic mass is 16.2. The number of aryl methyl sites for hydroxylation is 1. The van der Waals surface area contributed by atoms with Crippen molar-refractivity contribution >= 4 is 16.8 Å². The number of nitrogens with one attached hydrogen (secondary N) is 1. The Morgan fingerprint density at radius 2 is 2.05 bits per heavy atom. The van der Waals surface area contributed by atoms with Crippen LogP contribution in [0.4, 0.5) is 0 Å². The average Bonchev–Trinajstić information content (AvgIpc) is 2.46. The van der Waals surface area contributed by atoms with Crippen LogP contribution in [-0.4, -0.2) is 29.1 Å². The lowest BCUT2D eigenvalue weighted by Gasteiger charge is -2.09. The first kappa shape index (κ1) is 14.5. The highest BCUT2D eigenvalue weighted by molar-refractivity contribution is 6.06. The highest BCUT2D eigenvalue weighted by Gasteiger charge is 2.10. The van der Waals surface area contributed by atoms with Crippen LogP contribution in [0.2, 0.25) is 0 Å². The summed E-state index contributed by atoms with van der Waals surface area (Å²) < 4.78 is 0. The number of unbranched alkanes of at least 4 members (excludes halogenated alkanes) is 2. The van der Waals surface area contributed by atoms with Crippen LogP contribution in [0, 0.1) is 6.92 Å². The summed E-state index contributed by atoms with van der Waals surface area (Å²) in [6, 6.07) is 9.50. The minimum Gasteiger partial charge on any atom is -0.396 e. The lowest BCUT2D eigenvalue weighted by Crippen LogP contribution is -2.25. The predicted molar refractivity (Wildman–Crippen MR) is 79.8 cm³/mol. The van der Waals surface area contributed by atoms with Crippen LogP contribution in [0.1, 0.15) is 35.3 Å². The van der Waals surface area contributed by atoms with Gasteiger partial charge in [-0.25, -0.2) is 0 Å². The van der Waals surface area contributed by atoms with Crippen LogP contribution in [-0.2, 0) is 0 Å². The molecule has 1 amide bonds. The summed E-state index contributed by atoms with van der Waals surface area (Å²) in [5.41, 5.74) is 2.36. The minimum atomic E-state index is -0.0595. The number of carbonyl (C=O) groups excluding carboxylic acids is 1. The Labute approximate surface area is 118 Å². The normalized spacial score (nSPS) is 10.7. The van der Waals surface area contributed by atoms with Crippen molar-refractivity contribution < 1.29 is 9.90 Å². The molecule has 0 radical (unpaired) electrons. The number of hydrogen-bond acceptors (Lipinski definition) is 3. The fourth-order valence-corrected chi connectivity index (χ4v) is 2.21. The molecule has 0 saturated carbocycles.